The van der Waals surface area contributed by atoms with Crippen molar-refractivity contribution >= 4 is 11.4 Å². The first kappa shape index (κ1) is 10.0. The van der Waals surface area contributed by atoms with Crippen molar-refractivity contribution in [2.75, 3.05) is 5.32 Å². The highest BCUT2D eigenvalue weighted by Crippen LogP contribution is 2.15. The third kappa shape index (κ3) is 2.29. The van der Waals surface area contributed by atoms with Crippen LogP contribution in [0.4, 0.5) is 11.4 Å². The lowest BCUT2D eigenvalue weighted by Crippen LogP contribution is -2.01. The minimum absolute atomic E-state index is 0.0603. The van der Waals surface area contributed by atoms with Crippen molar-refractivity contribution in [1.29, 1.82) is 0 Å². The first-order valence-electron chi connectivity index (χ1n) is 4.46. The Labute approximate surface area is 89.8 Å². The number of nitro groups is 1. The minimum atomic E-state index is -0.442. The van der Waals surface area contributed by atoms with Gasteiger partial charge in [-0.2, -0.15) is 5.21 Å². The molecule has 8 nitrogen and oxygen atoms in total. The van der Waals surface area contributed by atoms with Crippen molar-refractivity contribution in [1.82, 2.24) is 20.6 Å². The average Bonchev–Trinajstić information content (AvgIpc) is 2.80. The SMILES string of the molecule is O=[N+]([O-])c1ccc(NCc2nn[nH]n2)cc1. The van der Waals surface area contributed by atoms with Crippen LogP contribution >= 0.6 is 0 Å². The molecule has 0 bridgehead atoms. The van der Waals surface area contributed by atoms with Crippen molar-refractivity contribution in [2.24, 2.45) is 0 Å². The summed E-state index contributed by atoms with van der Waals surface area (Å²) in [6, 6.07) is 6.10. The first-order chi connectivity index (χ1) is 7.75. The fraction of sp³-hybridized carbons (Fsp3) is 0.125. The average molecular weight is 220 g/mol. The van der Waals surface area contributed by atoms with E-state index < -0.39 is 4.92 Å². The van der Waals surface area contributed by atoms with E-state index in [1.54, 1.807) is 12.1 Å². The summed E-state index contributed by atoms with van der Waals surface area (Å²) in [5, 5.41) is 26.7. The highest BCUT2D eigenvalue weighted by Gasteiger charge is 2.04. The van der Waals surface area contributed by atoms with Crippen LogP contribution in [0.5, 0.6) is 0 Å². The van der Waals surface area contributed by atoms with Gasteiger partial charge in [0.2, 0.25) is 0 Å². The molecule has 1 heterocycles. The number of hydrogen-bond acceptors (Lipinski definition) is 6. The molecule has 2 N–H and O–H groups in total. The molecule has 0 aliphatic rings. The zero-order valence-corrected chi connectivity index (χ0v) is 8.12. The lowest BCUT2D eigenvalue weighted by atomic mass is 10.3. The van der Waals surface area contributed by atoms with Gasteiger partial charge in [-0.1, -0.05) is 5.21 Å². The predicted octanol–water partition coefficient (Wildman–Crippen LogP) is 0.720. The van der Waals surface area contributed by atoms with E-state index >= 15 is 0 Å². The van der Waals surface area contributed by atoms with E-state index in [-0.39, 0.29) is 5.69 Å². The van der Waals surface area contributed by atoms with Crippen LogP contribution in [0.1, 0.15) is 5.82 Å². The highest BCUT2D eigenvalue weighted by atomic mass is 16.6. The standard InChI is InChI=1S/C8H8N6O2/c15-14(16)7-3-1-6(2-4-7)9-5-8-10-12-13-11-8/h1-4,9H,5H2,(H,10,11,12,13). The number of H-pyrrole nitrogens is 1. The Balaban J connectivity index is 1.98. The van der Waals surface area contributed by atoms with Crippen LogP contribution in [0.2, 0.25) is 0 Å². The number of hydrogen-bond donors (Lipinski definition) is 2. The van der Waals surface area contributed by atoms with Crippen molar-refractivity contribution in [3.8, 4) is 0 Å². The first-order valence-corrected chi connectivity index (χ1v) is 4.46. The molecule has 82 valence electrons. The van der Waals surface area contributed by atoms with Gasteiger partial charge in [0.05, 0.1) is 11.5 Å². The topological polar surface area (TPSA) is 110 Å². The van der Waals surface area contributed by atoms with Crippen LogP contribution in [-0.2, 0) is 6.54 Å². The van der Waals surface area contributed by atoms with Crippen LogP contribution in [0.3, 0.4) is 0 Å². The highest BCUT2D eigenvalue weighted by molar-refractivity contribution is 5.48. The van der Waals surface area contributed by atoms with Gasteiger partial charge in [-0.05, 0) is 12.1 Å². The molecule has 0 amide bonds. The van der Waals surface area contributed by atoms with Gasteiger partial charge in [0.15, 0.2) is 5.82 Å². The quantitative estimate of drug-likeness (QED) is 0.580. The molecule has 1 aromatic heterocycles. The Morgan fingerprint density at radius 3 is 2.69 bits per heavy atom. The summed E-state index contributed by atoms with van der Waals surface area (Å²) in [6.07, 6.45) is 0. The molecule has 0 radical (unpaired) electrons. The molecule has 0 saturated heterocycles. The van der Waals surface area contributed by atoms with Crippen molar-refractivity contribution in [3.05, 3.63) is 40.2 Å². The smallest absolute Gasteiger partial charge is 0.269 e. The molecular weight excluding hydrogens is 212 g/mol. The molecule has 0 saturated carbocycles. The number of nitrogens with zero attached hydrogens (tertiary/aromatic N) is 4. The number of anilines is 1. The summed E-state index contributed by atoms with van der Waals surface area (Å²) in [7, 11) is 0. The Kier molecular flexibility index (Phi) is 2.72. The molecule has 1 aromatic carbocycles. The van der Waals surface area contributed by atoms with Crippen molar-refractivity contribution in [2.45, 2.75) is 6.54 Å². The summed E-state index contributed by atoms with van der Waals surface area (Å²) >= 11 is 0. The molecule has 0 aliphatic carbocycles. The molecule has 16 heavy (non-hydrogen) atoms. The third-order valence-corrected chi connectivity index (χ3v) is 1.92. The summed E-state index contributed by atoms with van der Waals surface area (Å²) < 4.78 is 0. The minimum Gasteiger partial charge on any atom is -0.378 e. The Morgan fingerprint density at radius 1 is 1.38 bits per heavy atom. The zero-order chi connectivity index (χ0) is 11.4. The van der Waals surface area contributed by atoms with Gasteiger partial charge in [0.25, 0.3) is 5.69 Å². The van der Waals surface area contributed by atoms with Crippen LogP contribution in [0.15, 0.2) is 24.3 Å². The number of nitrogens with one attached hydrogen (secondary N) is 2. The lowest BCUT2D eigenvalue weighted by molar-refractivity contribution is -0.384. The fourth-order valence-electron chi connectivity index (χ4n) is 1.14. The molecule has 0 spiro atoms. The molecule has 0 aliphatic heterocycles. The van der Waals surface area contributed by atoms with E-state index in [1.807, 2.05) is 0 Å². The number of non-ortho nitro benzene ring substituents is 1. The Hall–Kier alpha value is -2.51. The Morgan fingerprint density at radius 2 is 2.12 bits per heavy atom. The number of tetrazole rings is 1. The van der Waals surface area contributed by atoms with E-state index in [0.717, 1.165) is 5.69 Å². The van der Waals surface area contributed by atoms with Gasteiger partial charge in [0, 0.05) is 17.8 Å². The number of nitro benzene ring substituents is 1. The second kappa shape index (κ2) is 4.34. The van der Waals surface area contributed by atoms with Gasteiger partial charge < -0.3 is 5.32 Å². The maximum absolute atomic E-state index is 10.4. The third-order valence-electron chi connectivity index (χ3n) is 1.92. The van der Waals surface area contributed by atoms with Crippen LogP contribution in [-0.4, -0.2) is 25.5 Å². The van der Waals surface area contributed by atoms with Gasteiger partial charge >= 0.3 is 0 Å². The van der Waals surface area contributed by atoms with Gasteiger partial charge in [-0.15, -0.1) is 10.2 Å². The normalized spacial score (nSPS) is 10.0. The van der Waals surface area contributed by atoms with E-state index in [9.17, 15) is 10.1 Å². The molecule has 0 unspecified atom stereocenters. The van der Waals surface area contributed by atoms with E-state index in [2.05, 4.69) is 25.9 Å². The predicted molar refractivity (Wildman–Crippen MR) is 54.6 cm³/mol. The second-order valence-electron chi connectivity index (χ2n) is 2.99. The lowest BCUT2D eigenvalue weighted by Gasteiger charge is -2.02. The van der Waals surface area contributed by atoms with Crippen LogP contribution < -0.4 is 5.32 Å². The number of aromatic amines is 1. The molecule has 2 aromatic rings. The van der Waals surface area contributed by atoms with Crippen LogP contribution in [0, 0.1) is 10.1 Å². The van der Waals surface area contributed by atoms with Gasteiger partial charge in [-0.3, -0.25) is 10.1 Å². The van der Waals surface area contributed by atoms with Crippen LogP contribution in [0.25, 0.3) is 0 Å². The molecule has 0 fully saturated rings. The molecular formula is C8H8N6O2. The van der Waals surface area contributed by atoms with E-state index in [0.29, 0.717) is 12.4 Å². The van der Waals surface area contributed by atoms with E-state index in [1.165, 1.54) is 12.1 Å². The van der Waals surface area contributed by atoms with Crippen molar-refractivity contribution in [3.63, 3.8) is 0 Å². The number of benzene rings is 1. The zero-order valence-electron chi connectivity index (χ0n) is 8.12. The monoisotopic (exact) mass is 220 g/mol. The summed E-state index contributed by atoms with van der Waals surface area (Å²) in [4.78, 5) is 9.97. The maximum atomic E-state index is 10.4. The summed E-state index contributed by atoms with van der Waals surface area (Å²) in [5.41, 5.74) is 0.820. The number of aromatic nitrogens is 4. The van der Waals surface area contributed by atoms with Crippen molar-refractivity contribution < 1.29 is 4.92 Å². The van der Waals surface area contributed by atoms with Gasteiger partial charge in [-0.25, -0.2) is 0 Å². The second-order valence-corrected chi connectivity index (χ2v) is 2.99. The number of rotatable bonds is 4. The Bertz CT molecular complexity index is 466. The summed E-state index contributed by atoms with van der Waals surface area (Å²) in [6.45, 7) is 0.411. The maximum Gasteiger partial charge on any atom is 0.269 e. The fourth-order valence-corrected chi connectivity index (χ4v) is 1.14. The molecule has 0 atom stereocenters. The summed E-state index contributed by atoms with van der Waals surface area (Å²) in [5.74, 6) is 0.526. The molecule has 8 heteroatoms. The molecule has 2 rings (SSSR count). The largest absolute Gasteiger partial charge is 0.378 e. The van der Waals surface area contributed by atoms with E-state index in [4.69, 9.17) is 0 Å². The van der Waals surface area contributed by atoms with Gasteiger partial charge in [0.1, 0.15) is 0 Å².